The topological polar surface area (TPSA) is 182 Å². The fourth-order valence-electron chi connectivity index (χ4n) is 14.2. The van der Waals surface area contributed by atoms with Gasteiger partial charge in [0.25, 0.3) is 0 Å². The highest BCUT2D eigenvalue weighted by Gasteiger charge is 2.55. The first kappa shape index (κ1) is 54.3. The largest absolute Gasteiger partial charge is 0.507 e. The zero-order valence-electron chi connectivity index (χ0n) is 46.6. The molecule has 9 N–H and O–H groups in total. The number of aromatic amines is 1. The number of phenols is 2. The number of hydrogen-bond donors (Lipinski definition) is 9. The Labute approximate surface area is 470 Å². The number of nitrogens with one attached hydrogen (secondary N) is 5. The molecule has 13 nitrogen and oxygen atoms in total. The number of aliphatic hydroxyl groups is 2. The van der Waals surface area contributed by atoms with Gasteiger partial charge in [-0.3, -0.25) is 10.6 Å². The van der Waals surface area contributed by atoms with Gasteiger partial charge in [0.05, 0.1) is 25.5 Å². The van der Waals surface area contributed by atoms with E-state index in [1.165, 1.54) is 29.5 Å². The lowest BCUT2D eigenvalue weighted by molar-refractivity contribution is -0.143. The van der Waals surface area contributed by atoms with E-state index in [2.05, 4.69) is 119 Å². The molecule has 12 rings (SSSR count). The lowest BCUT2D eigenvalue weighted by Gasteiger charge is -2.50. The van der Waals surface area contributed by atoms with Crippen molar-refractivity contribution in [1.82, 2.24) is 26.3 Å². The predicted octanol–water partition coefficient (Wildman–Crippen LogP) is 9.98. The van der Waals surface area contributed by atoms with Gasteiger partial charge in [-0.05, 0) is 163 Å². The average Bonchev–Trinajstić information content (AvgIpc) is 3.02. The van der Waals surface area contributed by atoms with Crippen LogP contribution >= 0.6 is 0 Å². The second-order valence-electron chi connectivity index (χ2n) is 24.1. The summed E-state index contributed by atoms with van der Waals surface area (Å²) in [6.07, 6.45) is 12.7. The fourth-order valence-corrected chi connectivity index (χ4v) is 14.2. The summed E-state index contributed by atoms with van der Waals surface area (Å²) in [7, 11) is 0. The number of rotatable bonds is 19. The second kappa shape index (κ2) is 23.3. The first-order valence-corrected chi connectivity index (χ1v) is 29.5. The number of aryl methyl sites for hydroxylation is 1. The van der Waals surface area contributed by atoms with Crippen molar-refractivity contribution in [3.63, 3.8) is 0 Å². The van der Waals surface area contributed by atoms with Crippen LogP contribution in [0.1, 0.15) is 135 Å². The minimum absolute atomic E-state index is 0.0337. The standard InChI is InChI=1S/C67H79N5O8/c1-41(2)34-66(3,76)38-69-39-71-59-17-9-10-29-77-58-32-45(19-24-57(58)75)65-67(59,78-40-72-47-15-7-8-16-47)35-54-51-33-53-60(44-18-23-55-43(30-44)26-28-70-55)46(36-68-27-11-14-42-12-5-4-6-13-42)31-52-56(74)25-22-49(61(52)53)62(51)64-50(63(54)80-65)21-20-48(37-73)79-64/h4-6,12-13,18-19,22-26,28,30-32,41,47-48,53,59-60,65,68-76H,7-8,10-11,14-16,20-21,27,29,33-40H2,1-3H3. The van der Waals surface area contributed by atoms with Gasteiger partial charge in [0, 0.05) is 78.5 Å². The molecular weight excluding hydrogens is 1000 g/mol. The zero-order valence-corrected chi connectivity index (χ0v) is 46.6. The molecule has 7 atom stereocenters. The molecule has 4 heterocycles. The fraction of sp³-hybridized carbons (Fsp3) is 0.463. The van der Waals surface area contributed by atoms with Gasteiger partial charge in [-0.25, -0.2) is 0 Å². The summed E-state index contributed by atoms with van der Waals surface area (Å²) in [4.78, 5) is 3.42. The Morgan fingerprint density at radius 3 is 2.56 bits per heavy atom. The number of phenolic OH excluding ortho intramolecular Hbond substituents is 2. The zero-order chi connectivity index (χ0) is 55.0. The van der Waals surface area contributed by atoms with Gasteiger partial charge in [0.1, 0.15) is 35.0 Å². The summed E-state index contributed by atoms with van der Waals surface area (Å²) in [6.45, 7) is 8.69. The number of benzene rings is 5. The molecule has 6 aromatic rings. The Balaban J connectivity index is 1.02. The number of aromatic nitrogens is 1. The van der Waals surface area contributed by atoms with Gasteiger partial charge < -0.3 is 55.0 Å². The van der Waals surface area contributed by atoms with E-state index in [0.717, 1.165) is 93.4 Å². The van der Waals surface area contributed by atoms with Crippen LogP contribution in [0.15, 0.2) is 96.7 Å². The molecule has 420 valence electrons. The number of ether oxygens (including phenoxy) is 4. The maximum Gasteiger partial charge on any atom is 0.161 e. The Morgan fingerprint density at radius 2 is 1.73 bits per heavy atom. The number of fused-ring (bicyclic) bond motifs is 12. The van der Waals surface area contributed by atoms with Gasteiger partial charge in [-0.1, -0.05) is 87.1 Å². The van der Waals surface area contributed by atoms with E-state index in [-0.39, 0.29) is 43.3 Å². The number of aromatic hydroxyl groups is 2. The number of H-pyrrole nitrogens is 1. The second-order valence-corrected chi connectivity index (χ2v) is 24.1. The SMILES string of the molecule is CC(C)CC(C)(O)CNCNC1C#CCCOc2cc(ccc2O)C2Oc3c(c4c(c5c3CCC(CO)O5)-c3ccc(O)c5c3C(C4)C(c3ccc4[nH]ccc4c3)C(CNCCCc3ccccc3)=C5)CC12OCNC1CCCC1. The summed E-state index contributed by atoms with van der Waals surface area (Å²) >= 11 is 0. The summed E-state index contributed by atoms with van der Waals surface area (Å²) in [5, 5.41) is 61.8. The van der Waals surface area contributed by atoms with E-state index in [1.807, 2.05) is 31.3 Å². The minimum atomic E-state index is -1.20. The van der Waals surface area contributed by atoms with Crippen LogP contribution in [0, 0.1) is 17.8 Å². The first-order valence-electron chi connectivity index (χ1n) is 29.5. The normalized spacial score (nSPS) is 23.6. The van der Waals surface area contributed by atoms with E-state index in [1.54, 1.807) is 6.07 Å². The van der Waals surface area contributed by atoms with Crippen molar-refractivity contribution in [2.24, 2.45) is 5.92 Å². The van der Waals surface area contributed by atoms with Crippen LogP contribution in [0.25, 0.3) is 28.1 Å². The Morgan fingerprint density at radius 1 is 0.887 bits per heavy atom. The van der Waals surface area contributed by atoms with Crippen LogP contribution in [0.5, 0.6) is 28.7 Å². The number of hydrogen-bond acceptors (Lipinski definition) is 12. The van der Waals surface area contributed by atoms with Crippen LogP contribution in [0.2, 0.25) is 0 Å². The molecule has 6 aliphatic rings. The van der Waals surface area contributed by atoms with E-state index < -0.39 is 29.5 Å². The summed E-state index contributed by atoms with van der Waals surface area (Å²) in [5.74, 6) is 9.38. The Bertz CT molecular complexity index is 3300. The van der Waals surface area contributed by atoms with Crippen molar-refractivity contribution < 1.29 is 39.4 Å². The van der Waals surface area contributed by atoms with Crippen molar-refractivity contribution in [1.29, 1.82) is 0 Å². The highest BCUT2D eigenvalue weighted by molar-refractivity contribution is 5.90. The van der Waals surface area contributed by atoms with E-state index in [0.29, 0.717) is 81.7 Å². The van der Waals surface area contributed by atoms with Gasteiger partial charge in [0.15, 0.2) is 17.6 Å². The molecule has 7 unspecified atom stereocenters. The third-order valence-electron chi connectivity index (χ3n) is 17.8. The summed E-state index contributed by atoms with van der Waals surface area (Å²) < 4.78 is 28.7. The maximum absolute atomic E-state index is 12.1. The van der Waals surface area contributed by atoms with E-state index in [9.17, 15) is 20.4 Å². The molecule has 3 aliphatic carbocycles. The van der Waals surface area contributed by atoms with E-state index >= 15 is 0 Å². The Hall–Kier alpha value is -6.34. The van der Waals surface area contributed by atoms with Gasteiger partial charge in [-0.2, -0.15) is 0 Å². The van der Waals surface area contributed by atoms with Crippen molar-refractivity contribution >= 4 is 17.0 Å². The molecule has 13 heteroatoms. The monoisotopic (exact) mass is 1080 g/mol. The molecular formula is C67H79N5O8. The maximum atomic E-state index is 12.1. The highest BCUT2D eigenvalue weighted by Crippen LogP contribution is 2.62. The average molecular weight is 1080 g/mol. The Kier molecular flexibility index (Phi) is 15.8. The molecule has 0 spiro atoms. The molecule has 5 aromatic carbocycles. The van der Waals surface area contributed by atoms with Crippen molar-refractivity contribution in [3.05, 3.63) is 141 Å². The molecule has 1 saturated carbocycles. The lowest BCUT2D eigenvalue weighted by Crippen LogP contribution is -2.62. The molecule has 0 amide bonds. The van der Waals surface area contributed by atoms with Crippen molar-refractivity contribution in [3.8, 4) is 51.7 Å². The smallest absolute Gasteiger partial charge is 0.161 e. The van der Waals surface area contributed by atoms with Crippen molar-refractivity contribution in [2.75, 3.05) is 46.2 Å². The number of aliphatic hydroxyl groups excluding tert-OH is 1. The van der Waals surface area contributed by atoms with Crippen molar-refractivity contribution in [2.45, 2.75) is 145 Å². The minimum Gasteiger partial charge on any atom is -0.507 e. The third kappa shape index (κ3) is 10.8. The molecule has 80 heavy (non-hydrogen) atoms. The van der Waals surface area contributed by atoms with Crippen LogP contribution < -0.4 is 35.5 Å². The first-order chi connectivity index (χ1) is 39.0. The molecule has 0 saturated heterocycles. The molecule has 0 radical (unpaired) electrons. The van der Waals surface area contributed by atoms with Gasteiger partial charge in [-0.15, -0.1) is 0 Å². The molecule has 2 bridgehead atoms. The molecule has 1 fully saturated rings. The quantitative estimate of drug-likeness (QED) is 0.0213. The van der Waals surface area contributed by atoms with Gasteiger partial charge in [0.2, 0.25) is 0 Å². The predicted molar refractivity (Wildman–Crippen MR) is 313 cm³/mol. The highest BCUT2D eigenvalue weighted by atomic mass is 16.6. The summed E-state index contributed by atoms with van der Waals surface area (Å²) in [6, 6.07) is 28.7. The van der Waals surface area contributed by atoms with Gasteiger partial charge >= 0.3 is 0 Å². The molecule has 1 aromatic heterocycles. The van der Waals surface area contributed by atoms with Crippen LogP contribution in [-0.2, 0) is 30.4 Å². The van der Waals surface area contributed by atoms with E-state index in [4.69, 9.17) is 18.9 Å². The lowest BCUT2D eigenvalue weighted by atomic mass is 9.62. The third-order valence-corrected chi connectivity index (χ3v) is 17.8. The summed E-state index contributed by atoms with van der Waals surface area (Å²) in [5.41, 5.74) is 10.4. The van der Waals surface area contributed by atoms with Crippen LogP contribution in [0.3, 0.4) is 0 Å². The van der Waals surface area contributed by atoms with Crippen LogP contribution in [-0.4, -0.2) is 101 Å². The molecule has 3 aliphatic heterocycles. The van der Waals surface area contributed by atoms with Crippen LogP contribution in [0.4, 0.5) is 0 Å².